The summed E-state index contributed by atoms with van der Waals surface area (Å²) >= 11 is 0. The number of rotatable bonds is 1. The summed E-state index contributed by atoms with van der Waals surface area (Å²) < 4.78 is 5.07. The standard InChI is InChI=1S/C8H10N2O.C5H10O/c1-6-3-4-10-5-7(6)8(11)9-2;1-2-4-6-5-3-1/h3-5H,1-2H3,(H,9,11);1-5H2. The van der Waals surface area contributed by atoms with Crippen LogP contribution < -0.4 is 5.32 Å². The summed E-state index contributed by atoms with van der Waals surface area (Å²) in [5, 5.41) is 2.54. The van der Waals surface area contributed by atoms with Gasteiger partial charge in [-0.1, -0.05) is 0 Å². The molecule has 1 saturated heterocycles. The zero-order valence-electron chi connectivity index (χ0n) is 10.5. The van der Waals surface area contributed by atoms with Crippen molar-refractivity contribution in [3.8, 4) is 0 Å². The predicted octanol–water partition coefficient (Wildman–Crippen LogP) is 1.94. The molecule has 0 bridgehead atoms. The molecular formula is C13H20N2O2. The van der Waals surface area contributed by atoms with Gasteiger partial charge in [-0.25, -0.2) is 0 Å². The number of hydrogen-bond acceptors (Lipinski definition) is 3. The van der Waals surface area contributed by atoms with E-state index in [1.807, 2.05) is 13.0 Å². The number of amides is 1. The summed E-state index contributed by atoms with van der Waals surface area (Å²) in [7, 11) is 1.61. The molecule has 1 amide bonds. The van der Waals surface area contributed by atoms with E-state index in [-0.39, 0.29) is 5.91 Å². The van der Waals surface area contributed by atoms with Gasteiger partial charge in [-0.15, -0.1) is 0 Å². The second kappa shape index (κ2) is 7.79. The second-order valence-corrected chi connectivity index (χ2v) is 3.94. The van der Waals surface area contributed by atoms with Crippen molar-refractivity contribution in [1.29, 1.82) is 0 Å². The molecule has 0 atom stereocenters. The van der Waals surface area contributed by atoms with Gasteiger partial charge in [0.05, 0.1) is 5.56 Å². The number of ether oxygens (including phenoxy) is 1. The predicted molar refractivity (Wildman–Crippen MR) is 67.0 cm³/mol. The van der Waals surface area contributed by atoms with Crippen LogP contribution in [0.25, 0.3) is 0 Å². The van der Waals surface area contributed by atoms with Crippen LogP contribution in [0.15, 0.2) is 18.5 Å². The molecule has 4 nitrogen and oxygen atoms in total. The summed E-state index contributed by atoms with van der Waals surface area (Å²) in [6.07, 6.45) is 7.16. The Bertz CT molecular complexity index is 338. The number of carbonyl (C=O) groups excluding carboxylic acids is 1. The van der Waals surface area contributed by atoms with E-state index in [1.165, 1.54) is 19.3 Å². The Labute approximate surface area is 102 Å². The zero-order chi connectivity index (χ0) is 12.5. The van der Waals surface area contributed by atoms with Gasteiger partial charge in [-0.2, -0.15) is 0 Å². The minimum absolute atomic E-state index is 0.0874. The molecule has 0 aromatic carbocycles. The Balaban J connectivity index is 0.000000202. The molecule has 4 heteroatoms. The molecule has 2 rings (SSSR count). The molecule has 2 heterocycles. The topological polar surface area (TPSA) is 51.2 Å². The molecule has 0 spiro atoms. The molecule has 1 fully saturated rings. The van der Waals surface area contributed by atoms with Crippen molar-refractivity contribution >= 4 is 5.91 Å². The van der Waals surface area contributed by atoms with Gasteiger partial charge in [0.25, 0.3) is 5.91 Å². The lowest BCUT2D eigenvalue weighted by Crippen LogP contribution is -2.18. The Morgan fingerprint density at radius 1 is 1.35 bits per heavy atom. The van der Waals surface area contributed by atoms with Crippen molar-refractivity contribution in [1.82, 2.24) is 10.3 Å². The maximum atomic E-state index is 11.1. The fourth-order valence-corrected chi connectivity index (χ4v) is 1.52. The summed E-state index contributed by atoms with van der Waals surface area (Å²) in [6.45, 7) is 3.88. The van der Waals surface area contributed by atoms with E-state index in [0.717, 1.165) is 18.8 Å². The molecule has 1 aliphatic heterocycles. The first-order valence-corrected chi connectivity index (χ1v) is 5.96. The monoisotopic (exact) mass is 236 g/mol. The average molecular weight is 236 g/mol. The van der Waals surface area contributed by atoms with Crippen LogP contribution in [-0.4, -0.2) is 31.2 Å². The maximum absolute atomic E-state index is 11.1. The Morgan fingerprint density at radius 3 is 2.47 bits per heavy atom. The minimum Gasteiger partial charge on any atom is -0.381 e. The largest absolute Gasteiger partial charge is 0.381 e. The summed E-state index contributed by atoms with van der Waals surface area (Å²) in [6, 6.07) is 1.81. The molecule has 1 aliphatic rings. The lowest BCUT2D eigenvalue weighted by Gasteiger charge is -2.08. The molecule has 94 valence electrons. The number of aromatic nitrogens is 1. The molecule has 0 saturated carbocycles. The van der Waals surface area contributed by atoms with Gasteiger partial charge in [0, 0.05) is 32.7 Å². The van der Waals surface area contributed by atoms with Crippen LogP contribution in [0.1, 0.15) is 35.2 Å². The van der Waals surface area contributed by atoms with Gasteiger partial charge in [-0.3, -0.25) is 9.78 Å². The SMILES string of the molecule is C1CCOCC1.CNC(=O)c1cnccc1C. The van der Waals surface area contributed by atoms with E-state index in [0.29, 0.717) is 5.56 Å². The third-order valence-corrected chi connectivity index (χ3v) is 2.59. The van der Waals surface area contributed by atoms with E-state index in [2.05, 4.69) is 10.3 Å². The van der Waals surface area contributed by atoms with Crippen LogP contribution in [-0.2, 0) is 4.74 Å². The van der Waals surface area contributed by atoms with Gasteiger partial charge < -0.3 is 10.1 Å². The first-order valence-electron chi connectivity index (χ1n) is 5.96. The highest BCUT2D eigenvalue weighted by Gasteiger charge is 2.04. The lowest BCUT2D eigenvalue weighted by molar-refractivity contribution is 0.0961. The first kappa shape index (κ1) is 13.6. The fraction of sp³-hybridized carbons (Fsp3) is 0.538. The van der Waals surface area contributed by atoms with E-state index < -0.39 is 0 Å². The highest BCUT2D eigenvalue weighted by atomic mass is 16.5. The van der Waals surface area contributed by atoms with Gasteiger partial charge in [-0.05, 0) is 37.8 Å². The van der Waals surface area contributed by atoms with Crippen LogP contribution >= 0.6 is 0 Å². The molecule has 0 unspecified atom stereocenters. The van der Waals surface area contributed by atoms with E-state index >= 15 is 0 Å². The molecule has 17 heavy (non-hydrogen) atoms. The van der Waals surface area contributed by atoms with Gasteiger partial charge in [0.2, 0.25) is 0 Å². The smallest absolute Gasteiger partial charge is 0.252 e. The second-order valence-electron chi connectivity index (χ2n) is 3.94. The van der Waals surface area contributed by atoms with Gasteiger partial charge in [0.1, 0.15) is 0 Å². The zero-order valence-corrected chi connectivity index (χ0v) is 10.5. The van der Waals surface area contributed by atoms with Crippen LogP contribution in [0, 0.1) is 6.92 Å². The van der Waals surface area contributed by atoms with Crippen LogP contribution in [0.4, 0.5) is 0 Å². The molecule has 1 aromatic rings. The molecule has 1 N–H and O–H groups in total. The third kappa shape index (κ3) is 4.95. The molecule has 0 aliphatic carbocycles. The Morgan fingerprint density at radius 2 is 2.06 bits per heavy atom. The number of hydrogen-bond donors (Lipinski definition) is 1. The number of carbonyl (C=O) groups is 1. The normalized spacial score (nSPS) is 14.5. The Kier molecular flexibility index (Phi) is 6.25. The Hall–Kier alpha value is -1.42. The minimum atomic E-state index is -0.0874. The van der Waals surface area contributed by atoms with Crippen molar-refractivity contribution in [3.05, 3.63) is 29.6 Å². The summed E-state index contributed by atoms with van der Waals surface area (Å²) in [4.78, 5) is 14.9. The van der Waals surface area contributed by atoms with Crippen LogP contribution in [0.3, 0.4) is 0 Å². The first-order chi connectivity index (χ1) is 8.25. The lowest BCUT2D eigenvalue weighted by atomic mass is 10.1. The number of nitrogens with one attached hydrogen (secondary N) is 1. The fourth-order valence-electron chi connectivity index (χ4n) is 1.52. The van der Waals surface area contributed by atoms with Gasteiger partial charge >= 0.3 is 0 Å². The highest BCUT2D eigenvalue weighted by molar-refractivity contribution is 5.94. The summed E-state index contributed by atoms with van der Waals surface area (Å²) in [5.74, 6) is -0.0874. The van der Waals surface area contributed by atoms with Crippen molar-refractivity contribution in [2.45, 2.75) is 26.2 Å². The number of pyridine rings is 1. The van der Waals surface area contributed by atoms with Crippen LogP contribution in [0.5, 0.6) is 0 Å². The molecule has 0 radical (unpaired) electrons. The van der Waals surface area contributed by atoms with Crippen LogP contribution in [0.2, 0.25) is 0 Å². The number of aryl methyl sites for hydroxylation is 1. The average Bonchev–Trinajstić information content (AvgIpc) is 2.41. The van der Waals surface area contributed by atoms with Crippen molar-refractivity contribution < 1.29 is 9.53 Å². The molecule has 1 aromatic heterocycles. The van der Waals surface area contributed by atoms with Crippen molar-refractivity contribution in [2.75, 3.05) is 20.3 Å². The van der Waals surface area contributed by atoms with Crippen molar-refractivity contribution in [3.63, 3.8) is 0 Å². The van der Waals surface area contributed by atoms with E-state index in [9.17, 15) is 4.79 Å². The third-order valence-electron chi connectivity index (χ3n) is 2.59. The van der Waals surface area contributed by atoms with Crippen molar-refractivity contribution in [2.24, 2.45) is 0 Å². The highest BCUT2D eigenvalue weighted by Crippen LogP contribution is 2.03. The number of nitrogens with zero attached hydrogens (tertiary/aromatic N) is 1. The van der Waals surface area contributed by atoms with E-state index in [4.69, 9.17) is 4.74 Å². The quantitative estimate of drug-likeness (QED) is 0.810. The maximum Gasteiger partial charge on any atom is 0.252 e. The molecular weight excluding hydrogens is 216 g/mol. The summed E-state index contributed by atoms with van der Waals surface area (Å²) in [5.41, 5.74) is 1.58. The van der Waals surface area contributed by atoms with E-state index in [1.54, 1.807) is 19.4 Å². The van der Waals surface area contributed by atoms with Gasteiger partial charge in [0.15, 0.2) is 0 Å².